The fourth-order valence-corrected chi connectivity index (χ4v) is 8.67. The molecule has 0 fully saturated rings. The molecule has 0 N–H and O–H groups in total. The summed E-state index contributed by atoms with van der Waals surface area (Å²) in [6.45, 7) is 5.32. The third-order valence-electron chi connectivity index (χ3n) is 6.73. The predicted octanol–water partition coefficient (Wildman–Crippen LogP) is 3.12. The maximum absolute atomic E-state index is 2.50. The van der Waals surface area contributed by atoms with Gasteiger partial charge in [0.05, 0.1) is 0 Å². The van der Waals surface area contributed by atoms with Crippen molar-refractivity contribution < 1.29 is 0 Å². The van der Waals surface area contributed by atoms with Gasteiger partial charge in [-0.05, 0) is 35.2 Å². The Morgan fingerprint density at radius 2 is 1.21 bits per heavy atom. The van der Waals surface area contributed by atoms with Crippen LogP contribution in [0, 0.1) is 0 Å². The van der Waals surface area contributed by atoms with Crippen molar-refractivity contribution in [3.63, 3.8) is 0 Å². The van der Waals surface area contributed by atoms with Crippen LogP contribution < -0.4 is 31.7 Å². The van der Waals surface area contributed by atoms with Gasteiger partial charge in [-0.15, -0.1) is 0 Å². The molecule has 6 rings (SSSR count). The Bertz CT molecular complexity index is 1250. The van der Waals surface area contributed by atoms with Crippen molar-refractivity contribution in [2.75, 3.05) is 4.90 Å². The summed E-state index contributed by atoms with van der Waals surface area (Å²) in [6.07, 6.45) is 0. The van der Waals surface area contributed by atoms with E-state index in [1.54, 1.807) is 10.4 Å². The number of hydrogen-bond acceptors (Lipinski definition) is 1. The monoisotopic (exact) mass is 387 g/mol. The first-order valence-electron chi connectivity index (χ1n) is 10.3. The van der Waals surface area contributed by atoms with Crippen molar-refractivity contribution in [3.05, 3.63) is 97.1 Å². The topological polar surface area (TPSA) is 3.24 Å². The molecule has 2 aliphatic heterocycles. The first-order valence-corrected chi connectivity index (χ1v) is 13.3. The van der Waals surface area contributed by atoms with Gasteiger partial charge in [0.1, 0.15) is 8.07 Å². The number of nitrogens with zero attached hydrogens (tertiary/aromatic N) is 1. The number of hydrogen-bond donors (Lipinski definition) is 0. The number of fused-ring (bicyclic) bond motifs is 4. The van der Waals surface area contributed by atoms with Crippen LogP contribution in [0.2, 0.25) is 13.1 Å². The fraction of sp³-hybridized carbons (Fsp3) is 0.0769. The van der Waals surface area contributed by atoms with Crippen LogP contribution in [-0.4, -0.2) is 14.8 Å². The molecule has 0 spiro atoms. The molecule has 3 heteroatoms. The largest absolute Gasteiger partial charge is 0.312 e. The van der Waals surface area contributed by atoms with Crippen LogP contribution in [0.1, 0.15) is 0 Å². The first kappa shape index (κ1) is 16.9. The predicted molar refractivity (Wildman–Crippen MR) is 129 cm³/mol. The Morgan fingerprint density at radius 3 is 2.03 bits per heavy atom. The van der Waals surface area contributed by atoms with E-state index < -0.39 is 8.07 Å². The maximum atomic E-state index is 2.50. The molecule has 138 valence electrons. The summed E-state index contributed by atoms with van der Waals surface area (Å²) in [6, 6.07) is 35.9. The first-order chi connectivity index (χ1) is 14.2. The molecule has 0 saturated heterocycles. The molecule has 0 radical (unpaired) electrons. The zero-order chi connectivity index (χ0) is 19.6. The highest BCUT2D eigenvalue weighted by molar-refractivity contribution is 7.14. The lowest BCUT2D eigenvalue weighted by Gasteiger charge is -2.44. The molecule has 0 amide bonds. The van der Waals surface area contributed by atoms with Crippen molar-refractivity contribution in [2.45, 2.75) is 13.1 Å². The molecule has 0 aliphatic carbocycles. The van der Waals surface area contributed by atoms with E-state index in [1.807, 2.05) is 0 Å². The van der Waals surface area contributed by atoms with Crippen molar-refractivity contribution in [1.29, 1.82) is 0 Å². The quantitative estimate of drug-likeness (QED) is 0.400. The second-order valence-corrected chi connectivity index (χ2v) is 12.9. The van der Waals surface area contributed by atoms with Gasteiger partial charge >= 0.3 is 0 Å². The zero-order valence-corrected chi connectivity index (χ0v) is 17.8. The van der Waals surface area contributed by atoms with E-state index in [2.05, 4.69) is 115 Å². The fourth-order valence-electron chi connectivity index (χ4n) is 5.46. The molecular weight excluding hydrogens is 365 g/mol. The van der Waals surface area contributed by atoms with Gasteiger partial charge in [-0.1, -0.05) is 102 Å². The van der Waals surface area contributed by atoms with E-state index in [4.69, 9.17) is 0 Å². The van der Waals surface area contributed by atoms with Crippen LogP contribution >= 0.6 is 0 Å². The minimum Gasteiger partial charge on any atom is -0.312 e. The van der Waals surface area contributed by atoms with E-state index in [0.29, 0.717) is 6.71 Å². The Balaban J connectivity index is 1.74. The summed E-state index contributed by atoms with van der Waals surface area (Å²) in [5.41, 5.74) is 8.30. The minimum absolute atomic E-state index is 0.314. The molecule has 29 heavy (non-hydrogen) atoms. The number of para-hydroxylation sites is 2. The molecule has 1 nitrogen and oxygen atoms in total. The van der Waals surface area contributed by atoms with Gasteiger partial charge in [-0.2, -0.15) is 0 Å². The second kappa shape index (κ2) is 5.98. The van der Waals surface area contributed by atoms with Crippen LogP contribution in [0.25, 0.3) is 0 Å². The summed E-state index contributed by atoms with van der Waals surface area (Å²) in [5.74, 6) is 0. The zero-order valence-electron chi connectivity index (χ0n) is 16.8. The highest BCUT2D eigenvalue weighted by Gasteiger charge is 2.46. The molecule has 4 aromatic rings. The van der Waals surface area contributed by atoms with E-state index >= 15 is 0 Å². The van der Waals surface area contributed by atoms with Gasteiger partial charge in [0.25, 0.3) is 0 Å². The van der Waals surface area contributed by atoms with Crippen molar-refractivity contribution in [2.24, 2.45) is 0 Å². The lowest BCUT2D eigenvalue weighted by molar-refractivity contribution is 1.29. The van der Waals surface area contributed by atoms with Gasteiger partial charge in [0, 0.05) is 17.1 Å². The van der Waals surface area contributed by atoms with E-state index in [-0.39, 0.29) is 0 Å². The number of rotatable bonds is 1. The molecule has 0 bridgehead atoms. The highest BCUT2D eigenvalue weighted by Crippen LogP contribution is 2.36. The Kier molecular flexibility index (Phi) is 3.48. The molecular formula is C26H22BNSi. The van der Waals surface area contributed by atoms with E-state index in [1.165, 1.54) is 33.5 Å². The average molecular weight is 387 g/mol. The third-order valence-corrected chi connectivity index (χ3v) is 10.3. The van der Waals surface area contributed by atoms with Crippen LogP contribution in [0.15, 0.2) is 97.1 Å². The van der Waals surface area contributed by atoms with Crippen LogP contribution in [0.3, 0.4) is 0 Å². The Hall–Kier alpha value is -3.04. The van der Waals surface area contributed by atoms with Crippen LogP contribution in [0.5, 0.6) is 0 Å². The summed E-state index contributed by atoms with van der Waals surface area (Å²) < 4.78 is 0. The summed E-state index contributed by atoms with van der Waals surface area (Å²) in [7, 11) is -1.77. The molecule has 0 unspecified atom stereocenters. The van der Waals surface area contributed by atoms with E-state index in [9.17, 15) is 0 Å². The lowest BCUT2D eigenvalue weighted by atomic mass is 9.35. The SMILES string of the molecule is C[Si]1(C)c2ccccc2B2c3ccccc3N(c3ccccc3)c3cccc1c32. The molecule has 0 saturated carbocycles. The number of benzene rings is 4. The normalized spacial score (nSPS) is 15.4. The average Bonchev–Trinajstić information content (AvgIpc) is 2.77. The number of anilines is 3. The van der Waals surface area contributed by atoms with Crippen molar-refractivity contribution >= 4 is 58.6 Å². The lowest BCUT2D eigenvalue weighted by Crippen LogP contribution is -2.77. The van der Waals surface area contributed by atoms with Gasteiger partial charge in [-0.3, -0.25) is 0 Å². The molecule has 0 atom stereocenters. The van der Waals surface area contributed by atoms with Gasteiger partial charge in [0.15, 0.2) is 0 Å². The molecule has 4 aromatic carbocycles. The molecule has 2 aliphatic rings. The van der Waals surface area contributed by atoms with Gasteiger partial charge in [-0.25, -0.2) is 0 Å². The maximum Gasteiger partial charge on any atom is 0.246 e. The summed E-state index contributed by atoms with van der Waals surface area (Å²) in [5, 5.41) is 3.16. The smallest absolute Gasteiger partial charge is 0.246 e. The van der Waals surface area contributed by atoms with Gasteiger partial charge < -0.3 is 4.90 Å². The second-order valence-electron chi connectivity index (χ2n) is 8.61. The van der Waals surface area contributed by atoms with Crippen LogP contribution in [0.4, 0.5) is 17.1 Å². The molecule has 0 aromatic heterocycles. The van der Waals surface area contributed by atoms with Crippen LogP contribution in [-0.2, 0) is 0 Å². The van der Waals surface area contributed by atoms with Crippen molar-refractivity contribution in [3.8, 4) is 0 Å². The highest BCUT2D eigenvalue weighted by atomic mass is 28.3. The standard InChI is InChI=1S/C26H22BNSi/c1-29(2)24-17-9-7-14-21(24)27-20-13-6-8-15-22(20)28(19-11-4-3-5-12-19)23-16-10-18-25(29)26(23)27/h3-18H,1-2H3. The Morgan fingerprint density at radius 1 is 0.586 bits per heavy atom. The van der Waals surface area contributed by atoms with E-state index in [0.717, 1.165) is 0 Å². The minimum atomic E-state index is -1.77. The Labute approximate surface area is 173 Å². The third kappa shape index (κ3) is 2.22. The summed E-state index contributed by atoms with van der Waals surface area (Å²) in [4.78, 5) is 2.46. The molecule has 2 heterocycles. The summed E-state index contributed by atoms with van der Waals surface area (Å²) >= 11 is 0. The van der Waals surface area contributed by atoms with Gasteiger partial charge in [0.2, 0.25) is 6.71 Å². The van der Waals surface area contributed by atoms with Crippen molar-refractivity contribution in [1.82, 2.24) is 0 Å².